The lowest BCUT2D eigenvalue weighted by molar-refractivity contribution is 0.237. The predicted molar refractivity (Wildman–Crippen MR) is 110 cm³/mol. The van der Waals surface area contributed by atoms with Crippen LogP contribution in [0.1, 0.15) is 28.8 Å². The number of amides is 2. The first-order chi connectivity index (χ1) is 14.1. The molecule has 7 nitrogen and oxygen atoms in total. The van der Waals surface area contributed by atoms with Crippen molar-refractivity contribution in [2.45, 2.75) is 19.5 Å². The summed E-state index contributed by atoms with van der Waals surface area (Å²) in [6.45, 7) is 2.34. The molecule has 0 saturated heterocycles. The molecule has 0 aliphatic rings. The van der Waals surface area contributed by atoms with E-state index in [1.165, 1.54) is 0 Å². The average molecular weight is 389 g/mol. The Labute approximate surface area is 170 Å². The SMILES string of the molecule is C#CCOc1ccccc1CNC(=O)N[C@@H](c1ccccc1)c1nnc(C)n1C. The number of hydrogen-bond donors (Lipinski definition) is 2. The number of carbonyl (C=O) groups is 1. The van der Waals surface area contributed by atoms with Crippen molar-refractivity contribution in [1.82, 2.24) is 25.4 Å². The highest BCUT2D eigenvalue weighted by Crippen LogP contribution is 2.21. The first-order valence-electron chi connectivity index (χ1n) is 9.19. The number of ether oxygens (including phenoxy) is 1. The molecule has 0 aliphatic heterocycles. The molecule has 1 heterocycles. The van der Waals surface area contributed by atoms with Gasteiger partial charge in [-0.2, -0.15) is 0 Å². The number of terminal acetylenes is 1. The number of nitrogens with one attached hydrogen (secondary N) is 2. The highest BCUT2D eigenvalue weighted by molar-refractivity contribution is 5.75. The number of hydrogen-bond acceptors (Lipinski definition) is 4. The molecule has 1 aromatic heterocycles. The van der Waals surface area contributed by atoms with E-state index in [4.69, 9.17) is 11.2 Å². The lowest BCUT2D eigenvalue weighted by Crippen LogP contribution is -2.39. The van der Waals surface area contributed by atoms with E-state index in [1.807, 2.05) is 73.1 Å². The number of benzene rings is 2. The topological polar surface area (TPSA) is 81.1 Å². The van der Waals surface area contributed by atoms with Crippen molar-refractivity contribution in [2.75, 3.05) is 6.61 Å². The van der Waals surface area contributed by atoms with Gasteiger partial charge in [0.15, 0.2) is 5.82 Å². The Hall–Kier alpha value is -3.79. The van der Waals surface area contributed by atoms with E-state index >= 15 is 0 Å². The lowest BCUT2D eigenvalue weighted by atomic mass is 10.1. The van der Waals surface area contributed by atoms with Crippen molar-refractivity contribution < 1.29 is 9.53 Å². The summed E-state index contributed by atoms with van der Waals surface area (Å²) in [7, 11) is 1.87. The second-order valence-corrected chi connectivity index (χ2v) is 6.44. The van der Waals surface area contributed by atoms with Crippen LogP contribution in [-0.4, -0.2) is 27.4 Å². The number of rotatable bonds is 7. The molecule has 7 heteroatoms. The van der Waals surface area contributed by atoms with Crippen molar-refractivity contribution in [3.05, 3.63) is 77.4 Å². The molecular weight excluding hydrogens is 366 g/mol. The number of urea groups is 1. The molecule has 29 heavy (non-hydrogen) atoms. The van der Waals surface area contributed by atoms with E-state index in [0.29, 0.717) is 18.1 Å². The fourth-order valence-corrected chi connectivity index (χ4v) is 2.89. The Bertz CT molecular complexity index is 1010. The van der Waals surface area contributed by atoms with Crippen LogP contribution >= 0.6 is 0 Å². The fourth-order valence-electron chi connectivity index (χ4n) is 2.89. The lowest BCUT2D eigenvalue weighted by Gasteiger charge is -2.19. The summed E-state index contributed by atoms with van der Waals surface area (Å²) in [6, 6.07) is 16.3. The quantitative estimate of drug-likeness (QED) is 0.609. The summed E-state index contributed by atoms with van der Waals surface area (Å²) in [5, 5.41) is 14.2. The summed E-state index contributed by atoms with van der Waals surface area (Å²) in [6.07, 6.45) is 5.26. The van der Waals surface area contributed by atoms with Crippen molar-refractivity contribution in [1.29, 1.82) is 0 Å². The molecule has 148 valence electrons. The summed E-state index contributed by atoms with van der Waals surface area (Å²) in [5.41, 5.74) is 1.75. The van der Waals surface area contributed by atoms with Gasteiger partial charge in [0.1, 0.15) is 24.2 Å². The molecule has 0 bridgehead atoms. The fraction of sp³-hybridized carbons (Fsp3) is 0.227. The second kappa shape index (κ2) is 9.42. The highest BCUT2D eigenvalue weighted by Gasteiger charge is 2.22. The first-order valence-corrected chi connectivity index (χ1v) is 9.19. The van der Waals surface area contributed by atoms with Gasteiger partial charge in [0.2, 0.25) is 0 Å². The standard InChI is InChI=1S/C22H23N5O2/c1-4-14-29-19-13-9-8-12-18(19)15-23-22(28)24-20(17-10-6-5-7-11-17)21-26-25-16(2)27(21)3/h1,5-13,20H,14-15H2,2-3H3,(H2,23,24,28)/t20-/m0/s1. The number of aryl methyl sites for hydroxylation is 1. The maximum absolute atomic E-state index is 12.7. The normalized spacial score (nSPS) is 11.3. The molecule has 2 aromatic carbocycles. The molecule has 0 spiro atoms. The highest BCUT2D eigenvalue weighted by atomic mass is 16.5. The van der Waals surface area contributed by atoms with E-state index in [0.717, 1.165) is 17.0 Å². The molecule has 0 unspecified atom stereocenters. The van der Waals surface area contributed by atoms with Crippen molar-refractivity contribution in [3.8, 4) is 18.1 Å². The Morgan fingerprint density at radius 2 is 1.90 bits per heavy atom. The van der Waals surface area contributed by atoms with Crippen LogP contribution in [-0.2, 0) is 13.6 Å². The Morgan fingerprint density at radius 3 is 2.59 bits per heavy atom. The Balaban J connectivity index is 1.73. The number of carbonyl (C=O) groups excluding carboxylic acids is 1. The third kappa shape index (κ3) is 4.93. The van der Waals surface area contributed by atoms with Crippen LogP contribution in [0.5, 0.6) is 5.75 Å². The number of para-hydroxylation sites is 1. The van der Waals surface area contributed by atoms with Crippen LogP contribution in [0.15, 0.2) is 54.6 Å². The van der Waals surface area contributed by atoms with Crippen molar-refractivity contribution >= 4 is 6.03 Å². The van der Waals surface area contributed by atoms with E-state index in [1.54, 1.807) is 0 Å². The smallest absolute Gasteiger partial charge is 0.315 e. The van der Waals surface area contributed by atoms with E-state index in [-0.39, 0.29) is 12.6 Å². The largest absolute Gasteiger partial charge is 0.481 e. The molecule has 3 aromatic rings. The van der Waals surface area contributed by atoms with Gasteiger partial charge in [-0.15, -0.1) is 16.6 Å². The van der Waals surface area contributed by atoms with Crippen LogP contribution in [0.25, 0.3) is 0 Å². The zero-order valence-electron chi connectivity index (χ0n) is 16.4. The van der Waals surface area contributed by atoms with Crippen molar-refractivity contribution in [3.63, 3.8) is 0 Å². The van der Waals surface area contributed by atoms with E-state index in [9.17, 15) is 4.79 Å². The molecule has 0 saturated carbocycles. The van der Waals surface area contributed by atoms with Gasteiger partial charge in [0, 0.05) is 19.2 Å². The molecule has 0 fully saturated rings. The minimum atomic E-state index is -0.435. The molecule has 2 N–H and O–H groups in total. The van der Waals surface area contributed by atoms with Crippen molar-refractivity contribution in [2.24, 2.45) is 7.05 Å². The van der Waals surface area contributed by atoms with Gasteiger partial charge in [-0.05, 0) is 18.6 Å². The third-order valence-electron chi connectivity index (χ3n) is 4.52. The zero-order valence-corrected chi connectivity index (χ0v) is 16.4. The van der Waals surface area contributed by atoms with Crippen LogP contribution < -0.4 is 15.4 Å². The molecular formula is C22H23N5O2. The van der Waals surface area contributed by atoms with Gasteiger partial charge in [-0.25, -0.2) is 4.79 Å². The van der Waals surface area contributed by atoms with Gasteiger partial charge in [-0.1, -0.05) is 54.5 Å². The molecule has 2 amide bonds. The molecule has 3 rings (SSSR count). The van der Waals surface area contributed by atoms with Gasteiger partial charge in [-0.3, -0.25) is 0 Å². The van der Waals surface area contributed by atoms with E-state index in [2.05, 4.69) is 26.8 Å². The monoisotopic (exact) mass is 389 g/mol. The average Bonchev–Trinajstić information content (AvgIpc) is 3.08. The Morgan fingerprint density at radius 1 is 1.17 bits per heavy atom. The maximum atomic E-state index is 12.7. The minimum Gasteiger partial charge on any atom is -0.481 e. The zero-order chi connectivity index (χ0) is 20.6. The van der Waals surface area contributed by atoms with Crippen LogP contribution in [0.2, 0.25) is 0 Å². The number of nitrogens with zero attached hydrogens (tertiary/aromatic N) is 3. The van der Waals surface area contributed by atoms with Crippen LogP contribution in [0.3, 0.4) is 0 Å². The molecule has 1 atom stereocenters. The predicted octanol–water partition coefficient (Wildman–Crippen LogP) is 2.72. The van der Waals surface area contributed by atoms with Crippen LogP contribution in [0, 0.1) is 19.3 Å². The van der Waals surface area contributed by atoms with E-state index < -0.39 is 6.04 Å². The number of aromatic nitrogens is 3. The maximum Gasteiger partial charge on any atom is 0.315 e. The molecule has 0 radical (unpaired) electrons. The first kappa shape index (κ1) is 20.0. The minimum absolute atomic E-state index is 0.171. The van der Waals surface area contributed by atoms with Gasteiger partial charge < -0.3 is 19.9 Å². The van der Waals surface area contributed by atoms with Gasteiger partial charge in [0.05, 0.1) is 0 Å². The summed E-state index contributed by atoms with van der Waals surface area (Å²) in [4.78, 5) is 12.7. The third-order valence-corrected chi connectivity index (χ3v) is 4.52. The van der Waals surface area contributed by atoms with Gasteiger partial charge >= 0.3 is 6.03 Å². The van der Waals surface area contributed by atoms with Gasteiger partial charge in [0.25, 0.3) is 0 Å². The molecule has 0 aliphatic carbocycles. The summed E-state index contributed by atoms with van der Waals surface area (Å²) in [5.74, 6) is 4.51. The van der Waals surface area contributed by atoms with Crippen LogP contribution in [0.4, 0.5) is 4.79 Å². The summed E-state index contributed by atoms with van der Waals surface area (Å²) >= 11 is 0. The Kier molecular flexibility index (Phi) is 6.48. The second-order valence-electron chi connectivity index (χ2n) is 6.44. The summed E-state index contributed by atoms with van der Waals surface area (Å²) < 4.78 is 7.39.